The van der Waals surface area contributed by atoms with Gasteiger partial charge in [-0.25, -0.2) is 0 Å². The molecular weight excluding hydrogens is 304 g/mol. The molecule has 118 valence electrons. The standard InChI is InChI=1S/C15H18N2O4S/c1-7-4-5-22-12(7)14(19)17-16-13(18)10-8-2-3-9(6-8)11(10)15(20)21/h4-5,8-11H,2-3,6H2,1H3,(H,16,18)(H,17,19)(H,20,21)/t8-,9-,10+,11+/m0/s1. The molecule has 0 saturated heterocycles. The van der Waals surface area contributed by atoms with Crippen molar-refractivity contribution in [2.24, 2.45) is 23.7 Å². The van der Waals surface area contributed by atoms with E-state index in [1.807, 2.05) is 18.4 Å². The zero-order valence-electron chi connectivity index (χ0n) is 12.2. The summed E-state index contributed by atoms with van der Waals surface area (Å²) in [6.45, 7) is 1.82. The van der Waals surface area contributed by atoms with Gasteiger partial charge in [-0.1, -0.05) is 0 Å². The molecule has 1 aromatic rings. The minimum atomic E-state index is -0.909. The van der Waals surface area contributed by atoms with Crippen molar-refractivity contribution in [1.82, 2.24) is 10.9 Å². The van der Waals surface area contributed by atoms with E-state index < -0.39 is 17.8 Å². The summed E-state index contributed by atoms with van der Waals surface area (Å²) >= 11 is 1.30. The first-order valence-electron chi connectivity index (χ1n) is 7.36. The highest BCUT2D eigenvalue weighted by atomic mass is 32.1. The van der Waals surface area contributed by atoms with Gasteiger partial charge in [0.1, 0.15) is 0 Å². The highest BCUT2D eigenvalue weighted by molar-refractivity contribution is 7.12. The highest BCUT2D eigenvalue weighted by Crippen LogP contribution is 2.52. The lowest BCUT2D eigenvalue weighted by Crippen LogP contribution is -2.48. The Morgan fingerprint density at radius 3 is 2.45 bits per heavy atom. The third kappa shape index (κ3) is 2.49. The first kappa shape index (κ1) is 15.0. The first-order valence-corrected chi connectivity index (χ1v) is 8.24. The molecule has 22 heavy (non-hydrogen) atoms. The first-order chi connectivity index (χ1) is 10.5. The normalized spacial score (nSPS) is 29.3. The van der Waals surface area contributed by atoms with Gasteiger partial charge in [0.15, 0.2) is 0 Å². The summed E-state index contributed by atoms with van der Waals surface area (Å²) < 4.78 is 0. The van der Waals surface area contributed by atoms with Crippen LogP contribution in [0, 0.1) is 30.6 Å². The van der Waals surface area contributed by atoms with E-state index in [9.17, 15) is 19.5 Å². The molecule has 0 aromatic carbocycles. The van der Waals surface area contributed by atoms with Crippen LogP contribution in [0.25, 0.3) is 0 Å². The van der Waals surface area contributed by atoms with Gasteiger partial charge >= 0.3 is 5.97 Å². The SMILES string of the molecule is Cc1ccsc1C(=O)NNC(=O)[C@@H]1[C@H]2CC[C@@H](C2)[C@H]1C(=O)O. The molecule has 6 nitrogen and oxygen atoms in total. The van der Waals surface area contributed by atoms with Crippen LogP contribution in [0.1, 0.15) is 34.5 Å². The number of carbonyl (C=O) groups is 3. The fraction of sp³-hybridized carbons (Fsp3) is 0.533. The molecule has 2 aliphatic carbocycles. The number of amides is 2. The molecule has 2 aliphatic rings. The summed E-state index contributed by atoms with van der Waals surface area (Å²) in [4.78, 5) is 36.3. The van der Waals surface area contributed by atoms with Crippen molar-refractivity contribution in [2.75, 3.05) is 0 Å². The van der Waals surface area contributed by atoms with Crippen LogP contribution >= 0.6 is 11.3 Å². The van der Waals surface area contributed by atoms with Gasteiger partial charge in [0.2, 0.25) is 5.91 Å². The van der Waals surface area contributed by atoms with E-state index >= 15 is 0 Å². The van der Waals surface area contributed by atoms with Gasteiger partial charge in [-0.3, -0.25) is 25.2 Å². The van der Waals surface area contributed by atoms with Gasteiger partial charge in [0.05, 0.1) is 16.7 Å². The molecule has 4 atom stereocenters. The molecule has 2 fully saturated rings. The molecule has 3 rings (SSSR count). The van der Waals surface area contributed by atoms with Crippen LogP contribution in [0.3, 0.4) is 0 Å². The molecule has 0 unspecified atom stereocenters. The summed E-state index contributed by atoms with van der Waals surface area (Å²) in [5.41, 5.74) is 5.66. The summed E-state index contributed by atoms with van der Waals surface area (Å²) in [7, 11) is 0. The lowest BCUT2D eigenvalue weighted by atomic mass is 9.79. The fourth-order valence-corrected chi connectivity index (χ4v) is 4.71. The maximum absolute atomic E-state index is 12.3. The summed E-state index contributed by atoms with van der Waals surface area (Å²) in [6, 6.07) is 1.83. The lowest BCUT2D eigenvalue weighted by Gasteiger charge is -2.26. The van der Waals surface area contributed by atoms with E-state index in [0.29, 0.717) is 4.88 Å². The van der Waals surface area contributed by atoms with E-state index in [-0.39, 0.29) is 23.7 Å². The van der Waals surface area contributed by atoms with Crippen molar-refractivity contribution in [2.45, 2.75) is 26.2 Å². The number of aliphatic carboxylic acids is 1. The van der Waals surface area contributed by atoms with Crippen LogP contribution < -0.4 is 10.9 Å². The van der Waals surface area contributed by atoms with Gasteiger partial charge in [0.25, 0.3) is 5.91 Å². The number of carboxylic acids is 1. The van der Waals surface area contributed by atoms with Crippen molar-refractivity contribution in [1.29, 1.82) is 0 Å². The van der Waals surface area contributed by atoms with Gasteiger partial charge in [-0.05, 0) is 55.0 Å². The Hall–Kier alpha value is -1.89. The predicted molar refractivity (Wildman–Crippen MR) is 80.1 cm³/mol. The van der Waals surface area contributed by atoms with Gasteiger partial charge in [0, 0.05) is 0 Å². The second-order valence-electron chi connectivity index (χ2n) is 6.10. The van der Waals surface area contributed by atoms with Crippen molar-refractivity contribution in [3.05, 3.63) is 21.9 Å². The Kier molecular flexibility index (Phi) is 3.90. The van der Waals surface area contributed by atoms with E-state index in [1.165, 1.54) is 11.3 Å². The molecule has 1 heterocycles. The van der Waals surface area contributed by atoms with Crippen molar-refractivity contribution in [3.63, 3.8) is 0 Å². The molecule has 3 N–H and O–H groups in total. The number of carboxylic acid groups (broad SMARTS) is 1. The minimum Gasteiger partial charge on any atom is -0.481 e. The number of hydrogen-bond acceptors (Lipinski definition) is 4. The zero-order chi connectivity index (χ0) is 15.9. The third-order valence-corrected chi connectivity index (χ3v) is 5.89. The summed E-state index contributed by atoms with van der Waals surface area (Å²) in [6.07, 6.45) is 2.57. The molecule has 7 heteroatoms. The predicted octanol–water partition coefficient (Wildman–Crippen LogP) is 1.56. The number of hydrogen-bond donors (Lipinski definition) is 3. The molecule has 2 saturated carbocycles. The molecule has 1 aromatic heterocycles. The maximum Gasteiger partial charge on any atom is 0.307 e. The lowest BCUT2D eigenvalue weighted by molar-refractivity contribution is -0.149. The molecule has 2 amide bonds. The van der Waals surface area contributed by atoms with Crippen molar-refractivity contribution in [3.8, 4) is 0 Å². The third-order valence-electron chi connectivity index (χ3n) is 4.87. The van der Waals surface area contributed by atoms with Gasteiger partial charge in [-0.15, -0.1) is 11.3 Å². The Morgan fingerprint density at radius 1 is 1.18 bits per heavy atom. The average molecular weight is 322 g/mol. The van der Waals surface area contributed by atoms with Crippen LogP contribution in [0.4, 0.5) is 0 Å². The number of fused-ring (bicyclic) bond motifs is 2. The summed E-state index contributed by atoms with van der Waals surface area (Å²) in [5.74, 6) is -2.62. The summed E-state index contributed by atoms with van der Waals surface area (Å²) in [5, 5.41) is 11.2. The molecule has 0 spiro atoms. The van der Waals surface area contributed by atoms with E-state index in [2.05, 4.69) is 10.9 Å². The van der Waals surface area contributed by atoms with Crippen LogP contribution in [-0.4, -0.2) is 22.9 Å². The van der Waals surface area contributed by atoms with Crippen LogP contribution in [0.2, 0.25) is 0 Å². The van der Waals surface area contributed by atoms with Crippen LogP contribution in [0.15, 0.2) is 11.4 Å². The molecule has 2 bridgehead atoms. The second-order valence-corrected chi connectivity index (χ2v) is 7.02. The average Bonchev–Trinajstić information content (AvgIpc) is 3.18. The number of aryl methyl sites for hydroxylation is 1. The maximum atomic E-state index is 12.3. The molecule has 0 radical (unpaired) electrons. The second kappa shape index (κ2) is 5.72. The topological polar surface area (TPSA) is 95.5 Å². The number of hydrazine groups is 1. The van der Waals surface area contributed by atoms with Crippen molar-refractivity contribution >= 4 is 29.1 Å². The smallest absolute Gasteiger partial charge is 0.307 e. The van der Waals surface area contributed by atoms with E-state index in [0.717, 1.165) is 24.8 Å². The number of nitrogens with one attached hydrogen (secondary N) is 2. The number of thiophene rings is 1. The molecular formula is C15H18N2O4S. The largest absolute Gasteiger partial charge is 0.481 e. The van der Waals surface area contributed by atoms with Gasteiger partial charge in [-0.2, -0.15) is 0 Å². The van der Waals surface area contributed by atoms with Crippen LogP contribution in [0.5, 0.6) is 0 Å². The van der Waals surface area contributed by atoms with Gasteiger partial charge < -0.3 is 5.11 Å². The zero-order valence-corrected chi connectivity index (χ0v) is 13.0. The number of rotatable bonds is 3. The number of carbonyl (C=O) groups excluding carboxylic acids is 2. The Bertz CT molecular complexity index is 627. The highest BCUT2D eigenvalue weighted by Gasteiger charge is 2.54. The van der Waals surface area contributed by atoms with Crippen LogP contribution in [-0.2, 0) is 9.59 Å². The minimum absolute atomic E-state index is 0.0912. The van der Waals surface area contributed by atoms with E-state index in [4.69, 9.17) is 0 Å². The monoisotopic (exact) mass is 322 g/mol. The van der Waals surface area contributed by atoms with Crippen molar-refractivity contribution < 1.29 is 19.5 Å². The Morgan fingerprint density at radius 2 is 1.86 bits per heavy atom. The Labute approximate surface area is 131 Å². The quantitative estimate of drug-likeness (QED) is 0.736. The fourth-order valence-electron chi connectivity index (χ4n) is 3.89. The van der Waals surface area contributed by atoms with E-state index in [1.54, 1.807) is 0 Å². The Balaban J connectivity index is 1.63. The molecule has 0 aliphatic heterocycles.